The van der Waals surface area contributed by atoms with E-state index in [1.807, 2.05) is 0 Å². The first-order chi connectivity index (χ1) is 19.6. The van der Waals surface area contributed by atoms with E-state index in [9.17, 15) is 0 Å². The molecule has 0 aromatic heterocycles. The average molecular weight is 604 g/mol. The molecule has 0 aliphatic rings. The van der Waals surface area contributed by atoms with Gasteiger partial charge >= 0.3 is 252 Å². The molecule has 0 fully saturated rings. The predicted octanol–water partition coefficient (Wildman–Crippen LogP) is 7.08. The third-order valence-corrected chi connectivity index (χ3v) is 12.3. The van der Waals surface area contributed by atoms with E-state index in [0.717, 1.165) is 39.3 Å². The van der Waals surface area contributed by atoms with Crippen molar-refractivity contribution in [3.05, 3.63) is 72.8 Å². The Balaban J connectivity index is 2.16. The summed E-state index contributed by atoms with van der Waals surface area (Å²) in [5.41, 5.74) is 4.14. The number of hydrogen-bond acceptors (Lipinski definition) is 3. The van der Waals surface area contributed by atoms with Gasteiger partial charge in [-0.05, 0) is 0 Å². The van der Waals surface area contributed by atoms with Crippen LogP contribution in [0.5, 0.6) is 0 Å². The van der Waals surface area contributed by atoms with Crippen molar-refractivity contribution in [1.29, 1.82) is 0 Å². The fraction of sp³-hybridized carbons (Fsp3) is 0.500. The molecule has 0 atom stereocenters. The third kappa shape index (κ3) is 8.81. The first-order valence-corrected chi connectivity index (χ1v) is 18.8. The van der Waals surface area contributed by atoms with Crippen LogP contribution in [-0.2, 0) is 0 Å². The van der Waals surface area contributed by atoms with Gasteiger partial charge in [-0.25, -0.2) is 0 Å². The monoisotopic (exact) mass is 603 g/mol. The van der Waals surface area contributed by atoms with E-state index in [1.165, 1.54) is 68.6 Å². The van der Waals surface area contributed by atoms with Crippen LogP contribution in [0, 0.1) is 0 Å². The van der Waals surface area contributed by atoms with Crippen LogP contribution in [0.25, 0.3) is 0 Å². The molecule has 218 valence electrons. The van der Waals surface area contributed by atoms with E-state index in [1.54, 1.807) is 0 Å². The van der Waals surface area contributed by atoms with Gasteiger partial charge in [-0.1, -0.05) is 0 Å². The SMILES string of the molecule is CCCN(CCC)c1cccc([As](c2cccc(N(CCC)CCC)c2)c2cccc(N(CCC)CCC)c2)c1. The van der Waals surface area contributed by atoms with Crippen molar-refractivity contribution >= 4 is 44.8 Å². The topological polar surface area (TPSA) is 9.72 Å². The maximum atomic E-state index is 2.58. The second-order valence-electron chi connectivity index (χ2n) is 10.9. The van der Waals surface area contributed by atoms with Crippen molar-refractivity contribution in [3.63, 3.8) is 0 Å². The standard InChI is InChI=1S/C36H54AsN3/c1-7-22-38(23-8-2)34-19-13-16-31(28-34)37(32-17-14-20-35(29-32)39(24-9-3)25-10-4)33-18-15-21-36(30-33)40(26-11-5)27-12-6/h13-21,28-30H,7-12,22-27H2,1-6H3. The van der Waals surface area contributed by atoms with Crippen LogP contribution in [0.2, 0.25) is 0 Å². The van der Waals surface area contributed by atoms with Crippen molar-refractivity contribution in [2.75, 3.05) is 54.0 Å². The van der Waals surface area contributed by atoms with E-state index in [-0.39, 0.29) is 0 Å². The Kier molecular flexibility index (Phi) is 14.0. The molecule has 4 heteroatoms. The molecule has 40 heavy (non-hydrogen) atoms. The van der Waals surface area contributed by atoms with Crippen LogP contribution in [0.3, 0.4) is 0 Å². The molecular formula is C36H54AsN3. The Morgan fingerprint density at radius 2 is 0.650 bits per heavy atom. The molecule has 3 aromatic carbocycles. The summed E-state index contributed by atoms with van der Waals surface area (Å²) >= 11 is -1.81. The minimum atomic E-state index is -1.81. The molecule has 0 spiro atoms. The van der Waals surface area contributed by atoms with Crippen LogP contribution in [-0.4, -0.2) is 53.9 Å². The van der Waals surface area contributed by atoms with Crippen LogP contribution < -0.4 is 27.8 Å². The molecule has 3 nitrogen and oxygen atoms in total. The first-order valence-electron chi connectivity index (χ1n) is 15.9. The van der Waals surface area contributed by atoms with Crippen LogP contribution in [0.1, 0.15) is 80.1 Å². The zero-order chi connectivity index (χ0) is 28.7. The molecule has 0 amide bonds. The average Bonchev–Trinajstić information content (AvgIpc) is 2.97. The van der Waals surface area contributed by atoms with Crippen molar-refractivity contribution < 1.29 is 0 Å². The fourth-order valence-electron chi connectivity index (χ4n) is 5.66. The molecular weight excluding hydrogens is 549 g/mol. The van der Waals surface area contributed by atoms with Crippen LogP contribution >= 0.6 is 0 Å². The summed E-state index contributed by atoms with van der Waals surface area (Å²) in [5, 5.41) is 0. The summed E-state index contributed by atoms with van der Waals surface area (Å²) < 4.78 is 4.56. The normalized spacial score (nSPS) is 11.2. The Morgan fingerprint density at radius 1 is 0.400 bits per heavy atom. The zero-order valence-corrected chi connectivity index (χ0v) is 28.1. The van der Waals surface area contributed by atoms with Gasteiger partial charge in [0.2, 0.25) is 0 Å². The summed E-state index contributed by atoms with van der Waals surface area (Å²) in [6.45, 7) is 20.4. The van der Waals surface area contributed by atoms with E-state index in [4.69, 9.17) is 0 Å². The molecule has 3 rings (SSSR count). The Hall–Kier alpha value is -2.38. The third-order valence-electron chi connectivity index (χ3n) is 7.32. The van der Waals surface area contributed by atoms with Crippen molar-refractivity contribution in [2.24, 2.45) is 0 Å². The number of nitrogens with zero attached hydrogens (tertiary/aromatic N) is 3. The van der Waals surface area contributed by atoms with Crippen molar-refractivity contribution in [2.45, 2.75) is 80.1 Å². The summed E-state index contributed by atoms with van der Waals surface area (Å²) in [4.78, 5) is 7.74. The van der Waals surface area contributed by atoms with Crippen molar-refractivity contribution in [3.8, 4) is 0 Å². The van der Waals surface area contributed by atoms with E-state index >= 15 is 0 Å². The van der Waals surface area contributed by atoms with Gasteiger partial charge in [-0.15, -0.1) is 0 Å². The summed E-state index contributed by atoms with van der Waals surface area (Å²) in [6.07, 6.45) is 7.03. The second kappa shape index (κ2) is 17.4. The molecule has 0 saturated carbocycles. The van der Waals surface area contributed by atoms with Gasteiger partial charge in [0.15, 0.2) is 0 Å². The summed E-state index contributed by atoms with van der Waals surface area (Å²) in [6, 6.07) is 28.7. The molecule has 0 heterocycles. The summed E-state index contributed by atoms with van der Waals surface area (Å²) in [7, 11) is 0. The zero-order valence-electron chi connectivity index (χ0n) is 26.2. The Bertz CT molecular complexity index is 971. The van der Waals surface area contributed by atoms with Crippen LogP contribution in [0.4, 0.5) is 17.1 Å². The minimum absolute atomic E-state index is 1.11. The molecule has 0 aliphatic carbocycles. The fourth-order valence-corrected chi connectivity index (χ4v) is 10.7. The van der Waals surface area contributed by atoms with Gasteiger partial charge < -0.3 is 0 Å². The van der Waals surface area contributed by atoms with Gasteiger partial charge in [0.1, 0.15) is 0 Å². The summed E-state index contributed by atoms with van der Waals surface area (Å²) in [5.74, 6) is 0. The maximum absolute atomic E-state index is 2.58. The number of rotatable bonds is 18. The van der Waals surface area contributed by atoms with E-state index < -0.39 is 14.7 Å². The molecule has 0 saturated heterocycles. The predicted molar refractivity (Wildman–Crippen MR) is 182 cm³/mol. The van der Waals surface area contributed by atoms with Gasteiger partial charge in [0.05, 0.1) is 0 Å². The number of anilines is 3. The number of benzene rings is 3. The Labute approximate surface area is 250 Å². The molecule has 0 aliphatic heterocycles. The van der Waals surface area contributed by atoms with Gasteiger partial charge in [0.25, 0.3) is 0 Å². The van der Waals surface area contributed by atoms with Gasteiger partial charge in [-0.2, -0.15) is 0 Å². The molecule has 3 aromatic rings. The molecule has 0 N–H and O–H groups in total. The molecule has 0 bridgehead atoms. The van der Waals surface area contributed by atoms with Crippen LogP contribution in [0.15, 0.2) is 72.8 Å². The van der Waals surface area contributed by atoms with Gasteiger partial charge in [-0.3, -0.25) is 0 Å². The van der Waals surface area contributed by atoms with Gasteiger partial charge in [0, 0.05) is 0 Å². The first kappa shape index (κ1) is 32.1. The van der Waals surface area contributed by atoms with Crippen molar-refractivity contribution in [1.82, 2.24) is 0 Å². The molecule has 0 unspecified atom stereocenters. The quantitative estimate of drug-likeness (QED) is 0.144. The molecule has 0 radical (unpaired) electrons. The van der Waals surface area contributed by atoms with E-state index in [2.05, 4.69) is 129 Å². The van der Waals surface area contributed by atoms with E-state index in [0.29, 0.717) is 0 Å². The number of hydrogen-bond donors (Lipinski definition) is 0. The second-order valence-corrected chi connectivity index (χ2v) is 15.5. The Morgan fingerprint density at radius 3 is 0.875 bits per heavy atom.